The first-order chi connectivity index (χ1) is 10.5. The van der Waals surface area contributed by atoms with Crippen LogP contribution in [0.25, 0.3) is 0 Å². The number of pyridine rings is 1. The normalized spacial score (nSPS) is 10.5. The largest absolute Gasteiger partial charge is 0.454 e. The highest BCUT2D eigenvalue weighted by atomic mass is 16.5. The van der Waals surface area contributed by atoms with Crippen molar-refractivity contribution in [1.29, 1.82) is 0 Å². The van der Waals surface area contributed by atoms with Crippen molar-refractivity contribution in [1.82, 2.24) is 9.55 Å². The number of H-pyrrole nitrogens is 1. The second-order valence-electron chi connectivity index (χ2n) is 4.94. The van der Waals surface area contributed by atoms with E-state index in [-0.39, 0.29) is 18.0 Å². The molecule has 2 aromatic heterocycles. The summed E-state index contributed by atoms with van der Waals surface area (Å²) in [6.07, 6.45) is 1.42. The molecule has 2 rings (SSSR count). The first-order valence-electron chi connectivity index (χ1n) is 7.00. The number of aromatic nitrogens is 2. The highest BCUT2D eigenvalue weighted by Gasteiger charge is 2.18. The Bertz CT molecular complexity index is 771. The Kier molecular flexibility index (Phi) is 4.60. The van der Waals surface area contributed by atoms with Crippen LogP contribution in [0.1, 0.15) is 39.0 Å². The van der Waals surface area contributed by atoms with E-state index in [9.17, 15) is 14.4 Å². The van der Waals surface area contributed by atoms with E-state index in [0.717, 1.165) is 17.9 Å². The second-order valence-corrected chi connectivity index (χ2v) is 4.94. The molecule has 0 fully saturated rings. The van der Waals surface area contributed by atoms with Crippen molar-refractivity contribution < 1.29 is 14.3 Å². The number of hydrogen-bond acceptors (Lipinski definition) is 4. The van der Waals surface area contributed by atoms with Gasteiger partial charge in [0.2, 0.25) is 5.78 Å². The Morgan fingerprint density at radius 3 is 2.59 bits per heavy atom. The van der Waals surface area contributed by atoms with Crippen LogP contribution in [0.5, 0.6) is 0 Å². The van der Waals surface area contributed by atoms with Crippen LogP contribution in [0.15, 0.2) is 29.2 Å². The highest BCUT2D eigenvalue weighted by Crippen LogP contribution is 2.15. The number of hydrogen-bond donors (Lipinski definition) is 1. The summed E-state index contributed by atoms with van der Waals surface area (Å²) < 4.78 is 6.96. The smallest absolute Gasteiger partial charge is 0.344 e. The number of ether oxygens (including phenoxy) is 1. The molecule has 0 radical (unpaired) electrons. The molecular formula is C16H18N2O4. The van der Waals surface area contributed by atoms with Crippen LogP contribution < -0.4 is 5.56 Å². The minimum absolute atomic E-state index is 0.116. The van der Waals surface area contributed by atoms with Crippen LogP contribution in [0.3, 0.4) is 0 Å². The predicted molar refractivity (Wildman–Crippen MR) is 81.3 cm³/mol. The van der Waals surface area contributed by atoms with Crippen molar-refractivity contribution in [3.63, 3.8) is 0 Å². The average Bonchev–Trinajstić information content (AvgIpc) is 2.79. The monoisotopic (exact) mass is 302 g/mol. The fourth-order valence-corrected chi connectivity index (χ4v) is 2.44. The molecule has 0 aliphatic carbocycles. The molecule has 0 saturated heterocycles. The molecule has 116 valence electrons. The van der Waals surface area contributed by atoms with Gasteiger partial charge in [-0.1, -0.05) is 0 Å². The quantitative estimate of drug-likeness (QED) is 0.675. The Morgan fingerprint density at radius 2 is 2.00 bits per heavy atom. The van der Waals surface area contributed by atoms with Gasteiger partial charge in [-0.05, 0) is 39.0 Å². The molecule has 0 unspecified atom stereocenters. The summed E-state index contributed by atoms with van der Waals surface area (Å²) in [5.41, 5.74) is 1.71. The van der Waals surface area contributed by atoms with Crippen molar-refractivity contribution in [3.05, 3.63) is 57.3 Å². The van der Waals surface area contributed by atoms with Gasteiger partial charge in [-0.3, -0.25) is 9.59 Å². The standard InChI is InChI=1S/C16H18N2O4/c1-4-18-10(2)8-13(11(18)3)14(19)9-22-16(21)12-6-5-7-17-15(12)20/h5-8H,4,9H2,1-3H3,(H,17,20). The van der Waals surface area contributed by atoms with Crippen molar-refractivity contribution in [2.24, 2.45) is 0 Å². The molecule has 2 heterocycles. The fraction of sp³-hybridized carbons (Fsp3) is 0.312. The molecular weight excluding hydrogens is 284 g/mol. The number of nitrogens with zero attached hydrogens (tertiary/aromatic N) is 1. The summed E-state index contributed by atoms with van der Waals surface area (Å²) in [6, 6.07) is 4.66. The third-order valence-electron chi connectivity index (χ3n) is 3.56. The summed E-state index contributed by atoms with van der Waals surface area (Å²) >= 11 is 0. The molecule has 0 aliphatic rings. The SMILES string of the molecule is CCn1c(C)cc(C(=O)COC(=O)c2ccc[nH]c2=O)c1C. The zero-order valence-corrected chi connectivity index (χ0v) is 12.8. The number of Topliss-reactive ketones (excluding diaryl/α,β-unsaturated/α-hetero) is 1. The summed E-state index contributed by atoms with van der Waals surface area (Å²) in [7, 11) is 0. The molecule has 6 heteroatoms. The Morgan fingerprint density at radius 1 is 1.27 bits per heavy atom. The van der Waals surface area contributed by atoms with Gasteiger partial charge in [0.05, 0.1) is 0 Å². The minimum atomic E-state index is -0.806. The lowest BCUT2D eigenvalue weighted by Gasteiger charge is -2.06. The zero-order valence-electron chi connectivity index (χ0n) is 12.8. The van der Waals surface area contributed by atoms with Gasteiger partial charge >= 0.3 is 5.97 Å². The van der Waals surface area contributed by atoms with E-state index < -0.39 is 11.5 Å². The van der Waals surface area contributed by atoms with Gasteiger partial charge < -0.3 is 14.3 Å². The summed E-state index contributed by atoms with van der Waals surface area (Å²) in [5.74, 6) is -1.09. The molecule has 22 heavy (non-hydrogen) atoms. The van der Waals surface area contributed by atoms with Gasteiger partial charge in [-0.15, -0.1) is 0 Å². The molecule has 6 nitrogen and oxygen atoms in total. The molecule has 0 bridgehead atoms. The maximum absolute atomic E-state index is 12.2. The number of rotatable bonds is 5. The van der Waals surface area contributed by atoms with Crippen LogP contribution in [-0.2, 0) is 11.3 Å². The molecule has 0 aliphatic heterocycles. The molecule has 0 spiro atoms. The molecule has 0 saturated carbocycles. The number of nitrogens with one attached hydrogen (secondary N) is 1. The van der Waals surface area contributed by atoms with Crippen LogP contribution in [0, 0.1) is 13.8 Å². The fourth-order valence-electron chi connectivity index (χ4n) is 2.44. The van der Waals surface area contributed by atoms with Gasteiger partial charge in [-0.25, -0.2) is 4.79 Å². The van der Waals surface area contributed by atoms with E-state index in [1.807, 2.05) is 25.3 Å². The maximum Gasteiger partial charge on any atom is 0.344 e. The van der Waals surface area contributed by atoms with Gasteiger partial charge in [0.15, 0.2) is 6.61 Å². The number of ketones is 1. The lowest BCUT2D eigenvalue weighted by Crippen LogP contribution is -2.21. The van der Waals surface area contributed by atoms with Gasteiger partial charge in [0.25, 0.3) is 5.56 Å². The third kappa shape index (κ3) is 3.00. The number of aromatic amines is 1. The van der Waals surface area contributed by atoms with E-state index in [0.29, 0.717) is 5.56 Å². The molecule has 0 aromatic carbocycles. The average molecular weight is 302 g/mol. The van der Waals surface area contributed by atoms with E-state index in [1.54, 1.807) is 6.07 Å². The lowest BCUT2D eigenvalue weighted by molar-refractivity contribution is 0.0472. The molecule has 0 atom stereocenters. The highest BCUT2D eigenvalue weighted by molar-refractivity contribution is 6.00. The van der Waals surface area contributed by atoms with Gasteiger partial charge in [0, 0.05) is 29.7 Å². The van der Waals surface area contributed by atoms with Crippen molar-refractivity contribution >= 4 is 11.8 Å². The minimum Gasteiger partial charge on any atom is -0.454 e. The zero-order chi connectivity index (χ0) is 16.3. The summed E-state index contributed by atoms with van der Waals surface area (Å²) in [4.78, 5) is 37.9. The number of carbonyl (C=O) groups is 2. The summed E-state index contributed by atoms with van der Waals surface area (Å²) in [6.45, 7) is 6.15. The van der Waals surface area contributed by atoms with Crippen LogP contribution in [0.4, 0.5) is 0 Å². The van der Waals surface area contributed by atoms with Gasteiger partial charge in [-0.2, -0.15) is 0 Å². The molecule has 1 N–H and O–H groups in total. The summed E-state index contributed by atoms with van der Waals surface area (Å²) in [5, 5.41) is 0. The Hall–Kier alpha value is -2.63. The number of aryl methyl sites for hydroxylation is 1. The second kappa shape index (κ2) is 6.43. The van der Waals surface area contributed by atoms with Crippen LogP contribution in [-0.4, -0.2) is 27.9 Å². The number of carbonyl (C=O) groups excluding carboxylic acids is 2. The van der Waals surface area contributed by atoms with Crippen LogP contribution in [0.2, 0.25) is 0 Å². The van der Waals surface area contributed by atoms with E-state index in [1.165, 1.54) is 18.3 Å². The Labute approximate surface area is 127 Å². The number of esters is 1. The molecule has 0 amide bonds. The van der Waals surface area contributed by atoms with E-state index >= 15 is 0 Å². The Balaban J connectivity index is 2.09. The topological polar surface area (TPSA) is 81.2 Å². The first kappa shape index (κ1) is 15.8. The first-order valence-corrected chi connectivity index (χ1v) is 7.00. The van der Waals surface area contributed by atoms with Gasteiger partial charge in [0.1, 0.15) is 5.56 Å². The molecule has 2 aromatic rings. The van der Waals surface area contributed by atoms with E-state index in [2.05, 4.69) is 4.98 Å². The van der Waals surface area contributed by atoms with Crippen molar-refractivity contribution in [2.45, 2.75) is 27.3 Å². The van der Waals surface area contributed by atoms with E-state index in [4.69, 9.17) is 4.74 Å². The predicted octanol–water partition coefficient (Wildman–Crippen LogP) is 1.85. The lowest BCUT2D eigenvalue weighted by atomic mass is 10.1. The third-order valence-corrected chi connectivity index (χ3v) is 3.56. The van der Waals surface area contributed by atoms with Crippen molar-refractivity contribution in [2.75, 3.05) is 6.61 Å². The van der Waals surface area contributed by atoms with Crippen LogP contribution >= 0.6 is 0 Å². The van der Waals surface area contributed by atoms with Crippen molar-refractivity contribution in [3.8, 4) is 0 Å². The maximum atomic E-state index is 12.2.